The summed E-state index contributed by atoms with van der Waals surface area (Å²) in [7, 11) is 0. The highest BCUT2D eigenvalue weighted by Gasteiger charge is 2.64. The Morgan fingerprint density at radius 3 is 2.48 bits per heavy atom. The molecule has 2 heterocycles. The van der Waals surface area contributed by atoms with Crippen LogP contribution in [-0.4, -0.2) is 23.0 Å². The van der Waals surface area contributed by atoms with Crippen LogP contribution < -0.4 is 9.80 Å². The molecule has 0 aromatic heterocycles. The molecule has 2 aromatic carbocycles. The molecule has 1 fully saturated rings. The maximum absolute atomic E-state index is 13.5. The van der Waals surface area contributed by atoms with E-state index in [2.05, 4.69) is 0 Å². The monoisotopic (exact) mass is 384 g/mol. The van der Waals surface area contributed by atoms with Gasteiger partial charge in [0.05, 0.1) is 10.9 Å². The van der Waals surface area contributed by atoms with Gasteiger partial charge in [-0.2, -0.15) is 0 Å². The fourth-order valence-electron chi connectivity index (χ4n) is 3.66. The number of amides is 3. The summed E-state index contributed by atoms with van der Waals surface area (Å²) >= 11 is 1.21. The Hall–Kier alpha value is -2.67. The number of benzene rings is 2. The van der Waals surface area contributed by atoms with Gasteiger partial charge in [0.1, 0.15) is 5.82 Å². The van der Waals surface area contributed by atoms with Crippen LogP contribution in [0.4, 0.5) is 15.8 Å². The molecule has 2 atom stereocenters. The van der Waals surface area contributed by atoms with Gasteiger partial charge in [-0.3, -0.25) is 19.3 Å². The molecule has 0 radical (unpaired) electrons. The van der Waals surface area contributed by atoms with Crippen LogP contribution in [0.1, 0.15) is 25.8 Å². The highest BCUT2D eigenvalue weighted by molar-refractivity contribution is 8.03. The van der Waals surface area contributed by atoms with Crippen LogP contribution in [0, 0.1) is 5.82 Å². The number of carbonyl (C=O) groups excluding carboxylic acids is 3. The fraction of sp³-hybridized carbons (Fsp3) is 0.250. The van der Waals surface area contributed by atoms with E-state index in [4.69, 9.17) is 0 Å². The van der Waals surface area contributed by atoms with E-state index in [1.54, 1.807) is 38.1 Å². The fourth-order valence-corrected chi connectivity index (χ4v) is 5.17. The summed E-state index contributed by atoms with van der Waals surface area (Å²) < 4.78 is 13.4. The Kier molecular flexibility index (Phi) is 4.07. The van der Waals surface area contributed by atoms with Crippen LogP contribution in [-0.2, 0) is 19.3 Å². The molecule has 4 rings (SSSR count). The van der Waals surface area contributed by atoms with Crippen LogP contribution in [0.3, 0.4) is 0 Å². The molecule has 2 aliphatic heterocycles. The molecule has 0 bridgehead atoms. The minimum absolute atomic E-state index is 0.168. The first-order chi connectivity index (χ1) is 12.9. The van der Waals surface area contributed by atoms with Gasteiger partial charge in [0, 0.05) is 17.7 Å². The molecule has 1 saturated heterocycles. The van der Waals surface area contributed by atoms with E-state index < -0.39 is 21.8 Å². The highest BCUT2D eigenvalue weighted by atomic mass is 32.2. The topological polar surface area (TPSA) is 57.7 Å². The molecule has 7 heteroatoms. The minimum Gasteiger partial charge on any atom is -0.283 e. The van der Waals surface area contributed by atoms with Crippen molar-refractivity contribution in [3.8, 4) is 0 Å². The molecule has 0 aliphatic carbocycles. The second-order valence-electron chi connectivity index (χ2n) is 6.46. The zero-order valence-corrected chi connectivity index (χ0v) is 15.6. The van der Waals surface area contributed by atoms with E-state index in [-0.39, 0.29) is 18.2 Å². The van der Waals surface area contributed by atoms with Gasteiger partial charge in [0.2, 0.25) is 16.7 Å². The second kappa shape index (κ2) is 6.20. The van der Waals surface area contributed by atoms with Crippen molar-refractivity contribution in [3.63, 3.8) is 0 Å². The number of hydrogen-bond acceptors (Lipinski definition) is 4. The third-order valence-corrected chi connectivity index (χ3v) is 6.34. The summed E-state index contributed by atoms with van der Waals surface area (Å²) in [4.78, 5) is 40.3. The Morgan fingerprint density at radius 2 is 1.81 bits per heavy atom. The normalized spacial score (nSPS) is 24.0. The summed E-state index contributed by atoms with van der Waals surface area (Å²) in [6.45, 7) is 3.43. The average molecular weight is 384 g/mol. The molecule has 0 unspecified atom stereocenters. The zero-order chi connectivity index (χ0) is 19.3. The summed E-state index contributed by atoms with van der Waals surface area (Å²) in [6, 6.07) is 12.5. The molecule has 2 aliphatic rings. The first-order valence-corrected chi connectivity index (χ1v) is 9.54. The number of rotatable bonds is 2. The van der Waals surface area contributed by atoms with E-state index in [1.165, 1.54) is 45.8 Å². The molecule has 0 saturated carbocycles. The number of halogens is 1. The summed E-state index contributed by atoms with van der Waals surface area (Å²) in [5.41, 5.74) is 1.52. The third-order valence-electron chi connectivity index (χ3n) is 4.87. The van der Waals surface area contributed by atoms with Crippen molar-refractivity contribution < 1.29 is 18.8 Å². The number of fused-ring (bicyclic) bond motifs is 2. The number of para-hydroxylation sites is 1. The van der Waals surface area contributed by atoms with E-state index in [0.717, 1.165) is 0 Å². The molecule has 2 aromatic rings. The van der Waals surface area contributed by atoms with Crippen molar-refractivity contribution in [2.45, 2.75) is 30.4 Å². The number of thioether (sulfide) groups is 1. The number of imide groups is 1. The van der Waals surface area contributed by atoms with E-state index >= 15 is 0 Å². The number of nitrogens with zero attached hydrogens (tertiary/aromatic N) is 2. The summed E-state index contributed by atoms with van der Waals surface area (Å²) in [5, 5.41) is -0.483. The Balaban J connectivity index is 1.96. The van der Waals surface area contributed by atoms with E-state index in [0.29, 0.717) is 16.9 Å². The molecule has 1 spiro atoms. The molecular weight excluding hydrogens is 367 g/mol. The SMILES string of the molecule is CCC(=O)N1C(=O)[C@]2(S[C@@H](C)C(=O)N2c2ccc(F)cc2)c2ccccc21. The lowest BCUT2D eigenvalue weighted by Crippen LogP contribution is -2.51. The van der Waals surface area contributed by atoms with Gasteiger partial charge in [0.15, 0.2) is 0 Å². The molecule has 138 valence electrons. The molecule has 3 amide bonds. The standard InChI is InChI=1S/C20H17FN2O3S/c1-3-17(24)22-16-7-5-4-6-15(16)20(19(22)26)23(18(25)12(2)27-20)14-10-8-13(21)9-11-14/h4-12H,3H2,1-2H3/t12-,20+/m0/s1. The van der Waals surface area contributed by atoms with Crippen molar-refractivity contribution in [2.24, 2.45) is 0 Å². The number of carbonyl (C=O) groups is 3. The van der Waals surface area contributed by atoms with Gasteiger partial charge in [0.25, 0.3) is 5.91 Å². The van der Waals surface area contributed by atoms with Gasteiger partial charge >= 0.3 is 0 Å². The van der Waals surface area contributed by atoms with Crippen LogP contribution in [0.15, 0.2) is 48.5 Å². The lowest BCUT2D eigenvalue weighted by atomic mass is 10.0. The van der Waals surface area contributed by atoms with Gasteiger partial charge in [-0.15, -0.1) is 11.8 Å². The molecular formula is C20H17FN2O3S. The van der Waals surface area contributed by atoms with Crippen LogP contribution in [0.25, 0.3) is 0 Å². The average Bonchev–Trinajstić information content (AvgIpc) is 3.08. The maximum atomic E-state index is 13.5. The Labute approximate surface area is 160 Å². The number of anilines is 2. The Morgan fingerprint density at radius 1 is 1.15 bits per heavy atom. The summed E-state index contributed by atoms with van der Waals surface area (Å²) in [5.74, 6) is -1.46. The molecule has 0 N–H and O–H groups in total. The number of hydrogen-bond donors (Lipinski definition) is 0. The smallest absolute Gasteiger partial charge is 0.275 e. The molecule has 27 heavy (non-hydrogen) atoms. The summed E-state index contributed by atoms with van der Waals surface area (Å²) in [6.07, 6.45) is 0.168. The lowest BCUT2D eigenvalue weighted by Gasteiger charge is -2.32. The highest BCUT2D eigenvalue weighted by Crippen LogP contribution is 2.57. The van der Waals surface area contributed by atoms with Gasteiger partial charge in [-0.25, -0.2) is 9.29 Å². The van der Waals surface area contributed by atoms with Crippen molar-refractivity contribution in [1.29, 1.82) is 0 Å². The van der Waals surface area contributed by atoms with Crippen molar-refractivity contribution >= 4 is 40.9 Å². The van der Waals surface area contributed by atoms with Crippen LogP contribution in [0.5, 0.6) is 0 Å². The maximum Gasteiger partial charge on any atom is 0.275 e. The Bertz CT molecular complexity index is 962. The predicted molar refractivity (Wildman–Crippen MR) is 102 cm³/mol. The van der Waals surface area contributed by atoms with Crippen LogP contribution >= 0.6 is 11.8 Å². The third kappa shape index (κ3) is 2.34. The zero-order valence-electron chi connectivity index (χ0n) is 14.8. The van der Waals surface area contributed by atoms with E-state index in [1.807, 2.05) is 0 Å². The lowest BCUT2D eigenvalue weighted by molar-refractivity contribution is -0.128. The van der Waals surface area contributed by atoms with Gasteiger partial charge in [-0.1, -0.05) is 25.1 Å². The van der Waals surface area contributed by atoms with Gasteiger partial charge < -0.3 is 0 Å². The van der Waals surface area contributed by atoms with Gasteiger partial charge in [-0.05, 0) is 37.3 Å². The second-order valence-corrected chi connectivity index (χ2v) is 7.99. The quantitative estimate of drug-likeness (QED) is 0.796. The first-order valence-electron chi connectivity index (χ1n) is 8.66. The van der Waals surface area contributed by atoms with Crippen molar-refractivity contribution in [1.82, 2.24) is 0 Å². The van der Waals surface area contributed by atoms with Crippen LogP contribution in [0.2, 0.25) is 0 Å². The van der Waals surface area contributed by atoms with Crippen molar-refractivity contribution in [3.05, 3.63) is 59.9 Å². The largest absolute Gasteiger partial charge is 0.283 e. The molecule has 5 nitrogen and oxygen atoms in total. The van der Waals surface area contributed by atoms with Crippen molar-refractivity contribution in [2.75, 3.05) is 9.80 Å². The minimum atomic E-state index is -1.37. The van der Waals surface area contributed by atoms with E-state index in [9.17, 15) is 18.8 Å². The first kappa shape index (κ1) is 17.7. The predicted octanol–water partition coefficient (Wildman–Crippen LogP) is 3.43.